The maximum atomic E-state index is 13.3. The smallest absolute Gasteiger partial charge is 0.263 e. The largest absolute Gasteiger partial charge is 0.492 e. The molecule has 3 rings (SSSR count). The lowest BCUT2D eigenvalue weighted by atomic mass is 10.2. The van der Waals surface area contributed by atoms with Gasteiger partial charge in [0, 0.05) is 53.1 Å². The molecule has 0 spiro atoms. The first-order valence-electron chi connectivity index (χ1n) is 10.2. The Labute approximate surface area is 182 Å². The molecule has 0 saturated carbocycles. The zero-order valence-corrected chi connectivity index (χ0v) is 18.9. The van der Waals surface area contributed by atoms with Crippen LogP contribution in [0.2, 0.25) is 0 Å². The molecule has 1 saturated heterocycles. The highest BCUT2D eigenvalue weighted by atomic mass is 32.2. The standard InChI is InChI=1S/C20H29N5O5S/c1-4-30-18-8-6-5-7-17(18)24-10-12-25(13-11-24)31(27,28)20-16(15-23(2)22-20)19(26)21-9-14-29-3/h5-8,15H,4,9-14H2,1-3H3,(H,21,26). The second-order valence-electron chi connectivity index (χ2n) is 7.06. The second-order valence-corrected chi connectivity index (χ2v) is 8.92. The van der Waals surface area contributed by atoms with Crippen molar-refractivity contribution in [2.24, 2.45) is 7.05 Å². The Kier molecular flexibility index (Phi) is 7.52. The number of nitrogens with zero attached hydrogens (tertiary/aromatic N) is 4. The summed E-state index contributed by atoms with van der Waals surface area (Å²) in [4.78, 5) is 14.6. The van der Waals surface area contributed by atoms with Crippen molar-refractivity contribution < 1.29 is 22.7 Å². The van der Waals surface area contributed by atoms with Crippen LogP contribution in [0.1, 0.15) is 17.3 Å². The normalized spacial score (nSPS) is 15.1. The molecule has 2 aromatic rings. The molecule has 31 heavy (non-hydrogen) atoms. The number of piperazine rings is 1. The molecule has 1 N–H and O–H groups in total. The van der Waals surface area contributed by atoms with Gasteiger partial charge in [0.25, 0.3) is 15.9 Å². The van der Waals surface area contributed by atoms with Crippen molar-refractivity contribution in [2.45, 2.75) is 11.9 Å². The average molecular weight is 452 g/mol. The van der Waals surface area contributed by atoms with Gasteiger partial charge in [-0.15, -0.1) is 0 Å². The van der Waals surface area contributed by atoms with E-state index in [9.17, 15) is 13.2 Å². The Morgan fingerprint density at radius 3 is 2.58 bits per heavy atom. The van der Waals surface area contributed by atoms with Gasteiger partial charge in [-0.05, 0) is 19.1 Å². The van der Waals surface area contributed by atoms with Crippen molar-refractivity contribution >= 4 is 21.6 Å². The van der Waals surface area contributed by atoms with Gasteiger partial charge in [-0.2, -0.15) is 9.40 Å². The van der Waals surface area contributed by atoms with E-state index in [1.165, 1.54) is 22.3 Å². The van der Waals surface area contributed by atoms with Crippen molar-refractivity contribution in [3.8, 4) is 5.75 Å². The van der Waals surface area contributed by atoms with E-state index < -0.39 is 15.9 Å². The number of nitrogens with one attached hydrogen (secondary N) is 1. The Morgan fingerprint density at radius 1 is 1.19 bits per heavy atom. The molecule has 1 aromatic heterocycles. The molecule has 10 nitrogen and oxygen atoms in total. The molecule has 0 atom stereocenters. The third kappa shape index (κ3) is 5.17. The predicted molar refractivity (Wildman–Crippen MR) is 116 cm³/mol. The van der Waals surface area contributed by atoms with Gasteiger partial charge in [0.1, 0.15) is 5.75 Å². The van der Waals surface area contributed by atoms with Crippen molar-refractivity contribution in [1.29, 1.82) is 0 Å². The zero-order chi connectivity index (χ0) is 22.4. The van der Waals surface area contributed by atoms with Crippen LogP contribution in [0.25, 0.3) is 0 Å². The molecule has 2 heterocycles. The van der Waals surface area contributed by atoms with E-state index in [4.69, 9.17) is 9.47 Å². The maximum absolute atomic E-state index is 13.3. The Balaban J connectivity index is 1.74. The minimum Gasteiger partial charge on any atom is -0.492 e. The summed E-state index contributed by atoms with van der Waals surface area (Å²) in [7, 11) is -0.805. The van der Waals surface area contributed by atoms with Gasteiger partial charge in [0.2, 0.25) is 5.03 Å². The zero-order valence-electron chi connectivity index (χ0n) is 18.1. The van der Waals surface area contributed by atoms with Crippen LogP contribution in [0.5, 0.6) is 5.75 Å². The number of hydrogen-bond acceptors (Lipinski definition) is 7. The summed E-state index contributed by atoms with van der Waals surface area (Å²) < 4.78 is 39.9. The summed E-state index contributed by atoms with van der Waals surface area (Å²) in [5.74, 6) is 0.286. The monoisotopic (exact) mass is 451 g/mol. The Bertz CT molecular complexity index is 999. The van der Waals surface area contributed by atoms with E-state index in [0.29, 0.717) is 26.3 Å². The number of ether oxygens (including phenoxy) is 2. The number of benzene rings is 1. The molecule has 0 unspecified atom stereocenters. The van der Waals surface area contributed by atoms with Gasteiger partial charge < -0.3 is 19.7 Å². The van der Waals surface area contributed by atoms with Gasteiger partial charge in [-0.3, -0.25) is 9.48 Å². The van der Waals surface area contributed by atoms with Gasteiger partial charge in [0.15, 0.2) is 0 Å². The number of aryl methyl sites for hydroxylation is 1. The number of sulfonamides is 1. The second kappa shape index (κ2) is 10.1. The van der Waals surface area contributed by atoms with Crippen LogP contribution >= 0.6 is 0 Å². The third-order valence-electron chi connectivity index (χ3n) is 4.96. The minimum absolute atomic E-state index is 0.0303. The minimum atomic E-state index is -3.92. The first-order chi connectivity index (χ1) is 14.9. The van der Waals surface area contributed by atoms with E-state index in [-0.39, 0.29) is 30.2 Å². The molecular weight excluding hydrogens is 422 g/mol. The number of methoxy groups -OCH3 is 1. The van der Waals surface area contributed by atoms with Gasteiger partial charge >= 0.3 is 0 Å². The van der Waals surface area contributed by atoms with Gasteiger partial charge in [-0.25, -0.2) is 8.42 Å². The van der Waals surface area contributed by atoms with Crippen molar-refractivity contribution in [3.63, 3.8) is 0 Å². The van der Waals surface area contributed by atoms with E-state index in [2.05, 4.69) is 15.3 Å². The Morgan fingerprint density at radius 2 is 1.90 bits per heavy atom. The fourth-order valence-corrected chi connectivity index (χ4v) is 5.01. The van der Waals surface area contributed by atoms with Crippen molar-refractivity contribution in [3.05, 3.63) is 36.0 Å². The highest BCUT2D eigenvalue weighted by Gasteiger charge is 2.34. The van der Waals surface area contributed by atoms with Crippen LogP contribution in [-0.4, -0.2) is 81.5 Å². The lowest BCUT2D eigenvalue weighted by Crippen LogP contribution is -2.49. The number of carbonyl (C=O) groups is 1. The van der Waals surface area contributed by atoms with E-state index in [0.717, 1.165) is 11.4 Å². The summed E-state index contributed by atoms with van der Waals surface area (Å²) in [6.07, 6.45) is 1.42. The average Bonchev–Trinajstić information content (AvgIpc) is 3.17. The topological polar surface area (TPSA) is 106 Å². The lowest BCUT2D eigenvalue weighted by molar-refractivity contribution is 0.0933. The van der Waals surface area contributed by atoms with Crippen LogP contribution in [0.4, 0.5) is 5.69 Å². The summed E-state index contributed by atoms with van der Waals surface area (Å²) in [5, 5.41) is 6.51. The molecule has 11 heteroatoms. The van der Waals surface area contributed by atoms with Gasteiger partial charge in [-0.1, -0.05) is 12.1 Å². The molecule has 170 valence electrons. The molecule has 1 aliphatic rings. The first kappa shape index (κ1) is 23.0. The van der Waals surface area contributed by atoms with Crippen LogP contribution in [0.15, 0.2) is 35.5 Å². The predicted octanol–water partition coefficient (Wildman–Crippen LogP) is 0.706. The number of carbonyl (C=O) groups excluding carboxylic acids is 1. The molecule has 0 radical (unpaired) electrons. The maximum Gasteiger partial charge on any atom is 0.263 e. The van der Waals surface area contributed by atoms with Crippen molar-refractivity contribution in [2.75, 3.05) is 57.9 Å². The number of aromatic nitrogens is 2. The van der Waals surface area contributed by atoms with E-state index in [1.807, 2.05) is 31.2 Å². The molecular formula is C20H29N5O5S. The molecule has 1 aliphatic heterocycles. The Hall–Kier alpha value is -2.63. The van der Waals surface area contributed by atoms with Gasteiger partial charge in [0.05, 0.1) is 24.5 Å². The molecule has 1 aromatic carbocycles. The number of amides is 1. The molecule has 1 fully saturated rings. The van der Waals surface area contributed by atoms with E-state index in [1.54, 1.807) is 7.05 Å². The van der Waals surface area contributed by atoms with E-state index >= 15 is 0 Å². The highest BCUT2D eigenvalue weighted by molar-refractivity contribution is 7.89. The van der Waals surface area contributed by atoms with Crippen LogP contribution in [0, 0.1) is 0 Å². The summed E-state index contributed by atoms with van der Waals surface area (Å²) >= 11 is 0. The van der Waals surface area contributed by atoms with Crippen molar-refractivity contribution in [1.82, 2.24) is 19.4 Å². The molecule has 1 amide bonds. The highest BCUT2D eigenvalue weighted by Crippen LogP contribution is 2.30. The quantitative estimate of drug-likeness (QED) is 0.560. The first-order valence-corrected chi connectivity index (χ1v) is 11.6. The summed E-state index contributed by atoms with van der Waals surface area (Å²) in [6, 6.07) is 7.72. The number of para-hydroxylation sites is 2. The summed E-state index contributed by atoms with van der Waals surface area (Å²) in [5.41, 5.74) is 0.972. The number of hydrogen-bond donors (Lipinski definition) is 1. The fraction of sp³-hybridized carbons (Fsp3) is 0.500. The van der Waals surface area contributed by atoms with Crippen LogP contribution < -0.4 is 15.0 Å². The fourth-order valence-electron chi connectivity index (χ4n) is 3.46. The van der Waals surface area contributed by atoms with Crippen LogP contribution in [0.3, 0.4) is 0 Å². The SMILES string of the molecule is CCOc1ccccc1N1CCN(S(=O)(=O)c2nn(C)cc2C(=O)NCCOC)CC1. The summed E-state index contributed by atoms with van der Waals surface area (Å²) in [6.45, 7) is 4.67. The number of anilines is 1. The van der Waals surface area contributed by atoms with Crippen LogP contribution in [-0.2, 0) is 21.8 Å². The lowest BCUT2D eigenvalue weighted by Gasteiger charge is -2.35. The molecule has 0 bridgehead atoms. The third-order valence-corrected chi connectivity index (χ3v) is 6.80. The molecule has 0 aliphatic carbocycles. The number of rotatable bonds is 9.